The highest BCUT2D eigenvalue weighted by Crippen LogP contribution is 2.29. The van der Waals surface area contributed by atoms with Gasteiger partial charge in [0.15, 0.2) is 16.7 Å². The number of ether oxygens (including phenoxy) is 2. The third-order valence-corrected chi connectivity index (χ3v) is 5.06. The summed E-state index contributed by atoms with van der Waals surface area (Å²) in [5.74, 6) is 0.995. The van der Waals surface area contributed by atoms with E-state index in [1.165, 1.54) is 17.8 Å². The number of methoxy groups -OCH3 is 1. The van der Waals surface area contributed by atoms with Gasteiger partial charge in [-0.15, -0.1) is 0 Å². The fourth-order valence-electron chi connectivity index (χ4n) is 2.69. The first kappa shape index (κ1) is 22.1. The van der Waals surface area contributed by atoms with E-state index < -0.39 is 0 Å². The molecular weight excluding hydrogens is 410 g/mol. The minimum absolute atomic E-state index is 0.221. The Kier molecular flexibility index (Phi) is 7.84. The number of nitrogens with zero attached hydrogens (tertiary/aromatic N) is 2. The SMILES string of the molecule is C=CCOc1ccc(/C=C/C(=O)Nc2ccc(Sc3ncccn3)cc2C)cc1OC. The molecule has 1 aromatic heterocycles. The van der Waals surface area contributed by atoms with Crippen LogP contribution in [-0.4, -0.2) is 29.6 Å². The molecule has 0 bridgehead atoms. The number of carbonyl (C=O) groups excluding carboxylic acids is 1. The molecule has 6 nitrogen and oxygen atoms in total. The van der Waals surface area contributed by atoms with Gasteiger partial charge in [-0.25, -0.2) is 9.97 Å². The van der Waals surface area contributed by atoms with Gasteiger partial charge in [0, 0.05) is 29.1 Å². The van der Waals surface area contributed by atoms with Gasteiger partial charge in [0.25, 0.3) is 0 Å². The molecule has 31 heavy (non-hydrogen) atoms. The topological polar surface area (TPSA) is 73.3 Å². The van der Waals surface area contributed by atoms with Crippen molar-refractivity contribution in [1.29, 1.82) is 0 Å². The monoisotopic (exact) mass is 433 g/mol. The van der Waals surface area contributed by atoms with Crippen LogP contribution in [0.3, 0.4) is 0 Å². The summed E-state index contributed by atoms with van der Waals surface area (Å²) in [5.41, 5.74) is 2.52. The summed E-state index contributed by atoms with van der Waals surface area (Å²) in [6, 6.07) is 13.0. The predicted octanol–water partition coefficient (Wildman–Crippen LogP) is 5.16. The molecule has 1 N–H and O–H groups in total. The summed E-state index contributed by atoms with van der Waals surface area (Å²) in [5, 5.41) is 3.58. The van der Waals surface area contributed by atoms with Crippen LogP contribution in [0, 0.1) is 6.92 Å². The Bertz CT molecular complexity index is 1080. The van der Waals surface area contributed by atoms with Crippen LogP contribution in [0.2, 0.25) is 0 Å². The highest BCUT2D eigenvalue weighted by molar-refractivity contribution is 7.99. The van der Waals surface area contributed by atoms with Crippen molar-refractivity contribution in [3.05, 3.63) is 84.7 Å². The minimum atomic E-state index is -0.221. The number of hydrogen-bond acceptors (Lipinski definition) is 6. The molecule has 0 aliphatic carbocycles. The molecule has 0 atom stereocenters. The van der Waals surface area contributed by atoms with Crippen molar-refractivity contribution in [2.75, 3.05) is 19.0 Å². The molecular formula is C24H23N3O3S. The standard InChI is InChI=1S/C24H23N3O3S/c1-4-14-30-21-10-6-18(16-22(21)29-3)7-11-23(28)27-20-9-8-19(15-17(20)2)31-24-25-12-5-13-26-24/h4-13,15-16H,1,14H2,2-3H3,(H,27,28)/b11-7+. The lowest BCUT2D eigenvalue weighted by Crippen LogP contribution is -2.08. The molecule has 3 rings (SSSR count). The summed E-state index contributed by atoms with van der Waals surface area (Å²) in [6.45, 7) is 5.97. The van der Waals surface area contributed by atoms with E-state index in [1.54, 1.807) is 43.8 Å². The van der Waals surface area contributed by atoms with E-state index in [0.29, 0.717) is 23.3 Å². The summed E-state index contributed by atoms with van der Waals surface area (Å²) in [7, 11) is 1.57. The van der Waals surface area contributed by atoms with Gasteiger partial charge in [0.05, 0.1) is 7.11 Å². The largest absolute Gasteiger partial charge is 0.493 e. The van der Waals surface area contributed by atoms with Crippen LogP contribution < -0.4 is 14.8 Å². The maximum absolute atomic E-state index is 12.4. The van der Waals surface area contributed by atoms with Gasteiger partial charge in [0.2, 0.25) is 5.91 Å². The van der Waals surface area contributed by atoms with Crippen LogP contribution in [-0.2, 0) is 4.79 Å². The molecule has 3 aromatic rings. The fraction of sp³-hybridized carbons (Fsp3) is 0.125. The molecule has 1 heterocycles. The first-order valence-electron chi connectivity index (χ1n) is 9.55. The average molecular weight is 434 g/mol. The Hall–Kier alpha value is -3.58. The number of aryl methyl sites for hydroxylation is 1. The van der Waals surface area contributed by atoms with Gasteiger partial charge in [0.1, 0.15) is 6.61 Å². The molecule has 7 heteroatoms. The van der Waals surface area contributed by atoms with Crippen molar-refractivity contribution < 1.29 is 14.3 Å². The first-order valence-corrected chi connectivity index (χ1v) is 10.4. The Morgan fingerprint density at radius 2 is 1.97 bits per heavy atom. The summed E-state index contributed by atoms with van der Waals surface area (Å²) in [6.07, 6.45) is 8.29. The summed E-state index contributed by atoms with van der Waals surface area (Å²) in [4.78, 5) is 21.8. The quantitative estimate of drug-likeness (QED) is 0.285. The second-order valence-corrected chi connectivity index (χ2v) is 7.48. The summed E-state index contributed by atoms with van der Waals surface area (Å²) < 4.78 is 10.9. The van der Waals surface area contributed by atoms with E-state index in [9.17, 15) is 4.79 Å². The Balaban J connectivity index is 1.63. The second-order valence-electron chi connectivity index (χ2n) is 6.44. The zero-order valence-corrected chi connectivity index (χ0v) is 18.2. The molecule has 0 unspecified atom stereocenters. The van der Waals surface area contributed by atoms with Crippen molar-refractivity contribution in [2.45, 2.75) is 17.0 Å². The smallest absolute Gasteiger partial charge is 0.248 e. The van der Waals surface area contributed by atoms with Crippen molar-refractivity contribution in [2.24, 2.45) is 0 Å². The van der Waals surface area contributed by atoms with E-state index in [0.717, 1.165) is 21.7 Å². The average Bonchev–Trinajstić information content (AvgIpc) is 2.79. The molecule has 0 fully saturated rings. The van der Waals surface area contributed by atoms with Crippen LogP contribution in [0.4, 0.5) is 5.69 Å². The Morgan fingerprint density at radius 1 is 1.16 bits per heavy atom. The van der Waals surface area contributed by atoms with Gasteiger partial charge < -0.3 is 14.8 Å². The molecule has 0 radical (unpaired) electrons. The van der Waals surface area contributed by atoms with E-state index in [1.807, 2.05) is 37.3 Å². The van der Waals surface area contributed by atoms with Crippen molar-refractivity contribution in [1.82, 2.24) is 9.97 Å². The Labute approximate surface area is 186 Å². The minimum Gasteiger partial charge on any atom is -0.493 e. The van der Waals surface area contributed by atoms with Crippen molar-refractivity contribution in [3.8, 4) is 11.5 Å². The molecule has 0 aliphatic heterocycles. The van der Waals surface area contributed by atoms with Crippen LogP contribution in [0.15, 0.2) is 83.6 Å². The predicted molar refractivity (Wildman–Crippen MR) is 124 cm³/mol. The highest BCUT2D eigenvalue weighted by Gasteiger charge is 2.07. The van der Waals surface area contributed by atoms with Gasteiger partial charge in [-0.3, -0.25) is 4.79 Å². The van der Waals surface area contributed by atoms with Crippen molar-refractivity contribution in [3.63, 3.8) is 0 Å². The lowest BCUT2D eigenvalue weighted by atomic mass is 10.1. The van der Waals surface area contributed by atoms with Crippen LogP contribution in [0.1, 0.15) is 11.1 Å². The van der Waals surface area contributed by atoms with Crippen LogP contribution in [0.25, 0.3) is 6.08 Å². The van der Waals surface area contributed by atoms with Crippen LogP contribution >= 0.6 is 11.8 Å². The van der Waals surface area contributed by atoms with E-state index in [-0.39, 0.29) is 5.91 Å². The third kappa shape index (κ3) is 6.45. The molecule has 0 spiro atoms. The molecule has 158 valence electrons. The first-order chi connectivity index (χ1) is 15.1. The lowest BCUT2D eigenvalue weighted by molar-refractivity contribution is -0.111. The molecule has 0 saturated carbocycles. The van der Waals surface area contributed by atoms with Gasteiger partial charge in [-0.2, -0.15) is 0 Å². The van der Waals surface area contributed by atoms with Gasteiger partial charge in [-0.1, -0.05) is 18.7 Å². The number of hydrogen-bond donors (Lipinski definition) is 1. The maximum Gasteiger partial charge on any atom is 0.248 e. The Morgan fingerprint density at radius 3 is 2.68 bits per heavy atom. The lowest BCUT2D eigenvalue weighted by Gasteiger charge is -2.10. The van der Waals surface area contributed by atoms with E-state index in [2.05, 4.69) is 21.9 Å². The summed E-state index contributed by atoms with van der Waals surface area (Å²) >= 11 is 1.47. The maximum atomic E-state index is 12.4. The number of rotatable bonds is 9. The molecule has 2 aromatic carbocycles. The number of anilines is 1. The molecule has 1 amide bonds. The van der Waals surface area contributed by atoms with Gasteiger partial charge in [-0.05, 0) is 72.3 Å². The van der Waals surface area contributed by atoms with Crippen LogP contribution in [0.5, 0.6) is 11.5 Å². The zero-order valence-electron chi connectivity index (χ0n) is 17.4. The van der Waals surface area contributed by atoms with E-state index in [4.69, 9.17) is 9.47 Å². The number of amides is 1. The van der Waals surface area contributed by atoms with Gasteiger partial charge >= 0.3 is 0 Å². The third-order valence-electron chi connectivity index (χ3n) is 4.18. The zero-order chi connectivity index (χ0) is 22.1. The number of benzene rings is 2. The highest BCUT2D eigenvalue weighted by atomic mass is 32.2. The molecule has 0 saturated heterocycles. The normalized spacial score (nSPS) is 10.6. The second kappa shape index (κ2) is 11.0. The fourth-order valence-corrected chi connectivity index (χ4v) is 3.50. The van der Waals surface area contributed by atoms with E-state index >= 15 is 0 Å². The number of nitrogens with one attached hydrogen (secondary N) is 1. The number of aromatic nitrogens is 2. The van der Waals surface area contributed by atoms with Crippen molar-refractivity contribution >= 4 is 29.4 Å². The number of carbonyl (C=O) groups is 1. The molecule has 0 aliphatic rings.